The van der Waals surface area contributed by atoms with Gasteiger partial charge in [0.2, 0.25) is 0 Å². The van der Waals surface area contributed by atoms with E-state index in [1.807, 2.05) is 13.8 Å². The standard InChI is InChI=1S/C29H60O8Si3/c1-26(2,3)38(12,13)32-18-19-21(35-29(10,11)34-19)20(30)22-23(36-39(14,15)27(4,5)6)24(25(31)33-22)37-40(16,17)28(7,8)9/h19-24,30H,18H2,1-17H3/t19-,20+,21-,22-,23-,24+/m0/s1. The maximum Gasteiger partial charge on any atom is 0.337 e. The number of ether oxygens (including phenoxy) is 3. The molecule has 40 heavy (non-hydrogen) atoms. The van der Waals surface area contributed by atoms with Gasteiger partial charge in [0, 0.05) is 0 Å². The van der Waals surface area contributed by atoms with Crippen molar-refractivity contribution < 1.29 is 37.4 Å². The van der Waals surface area contributed by atoms with Crippen molar-refractivity contribution in [2.75, 3.05) is 6.61 Å². The zero-order chi connectivity index (χ0) is 31.5. The van der Waals surface area contributed by atoms with Crippen molar-refractivity contribution in [2.45, 2.75) is 173 Å². The number of carbonyl (C=O) groups is 1. The van der Waals surface area contributed by atoms with Crippen LogP contribution in [0.15, 0.2) is 0 Å². The highest BCUT2D eigenvalue weighted by Gasteiger charge is 2.59. The summed E-state index contributed by atoms with van der Waals surface area (Å²) in [5, 5.41) is 11.6. The van der Waals surface area contributed by atoms with Gasteiger partial charge in [-0.3, -0.25) is 0 Å². The second-order valence-electron chi connectivity index (χ2n) is 16.7. The molecule has 0 aliphatic carbocycles. The van der Waals surface area contributed by atoms with Gasteiger partial charge in [0.15, 0.2) is 42.9 Å². The van der Waals surface area contributed by atoms with Gasteiger partial charge in [-0.15, -0.1) is 0 Å². The van der Waals surface area contributed by atoms with Gasteiger partial charge in [-0.25, -0.2) is 4.79 Å². The molecule has 0 spiro atoms. The first-order valence-electron chi connectivity index (χ1n) is 14.8. The predicted molar refractivity (Wildman–Crippen MR) is 167 cm³/mol. The minimum absolute atomic E-state index is 0.0213. The number of aliphatic hydroxyl groups is 1. The number of hydrogen-bond acceptors (Lipinski definition) is 8. The van der Waals surface area contributed by atoms with E-state index in [0.717, 1.165) is 0 Å². The molecule has 11 heteroatoms. The third kappa shape index (κ3) is 7.88. The molecule has 0 saturated carbocycles. The normalized spacial score (nSPS) is 29.6. The maximum absolute atomic E-state index is 13.4. The Balaban J connectivity index is 2.44. The van der Waals surface area contributed by atoms with Crippen LogP contribution in [0.4, 0.5) is 0 Å². The summed E-state index contributed by atoms with van der Waals surface area (Å²) in [5.74, 6) is -1.42. The highest BCUT2D eigenvalue weighted by atomic mass is 28.4. The zero-order valence-corrected chi connectivity index (χ0v) is 31.5. The first-order valence-corrected chi connectivity index (χ1v) is 23.5. The summed E-state index contributed by atoms with van der Waals surface area (Å²) >= 11 is 0. The molecule has 0 bridgehead atoms. The molecular weight excluding hydrogens is 561 g/mol. The van der Waals surface area contributed by atoms with E-state index in [4.69, 9.17) is 27.5 Å². The van der Waals surface area contributed by atoms with E-state index in [9.17, 15) is 9.90 Å². The van der Waals surface area contributed by atoms with Crippen molar-refractivity contribution in [1.29, 1.82) is 0 Å². The Bertz CT molecular complexity index is 898. The molecule has 1 N–H and O–H groups in total. The fourth-order valence-electron chi connectivity index (χ4n) is 4.07. The van der Waals surface area contributed by atoms with Crippen LogP contribution < -0.4 is 0 Å². The van der Waals surface area contributed by atoms with Crippen LogP contribution in [0.5, 0.6) is 0 Å². The van der Waals surface area contributed by atoms with Crippen molar-refractivity contribution in [3.05, 3.63) is 0 Å². The Morgan fingerprint density at radius 2 is 1.23 bits per heavy atom. The topological polar surface area (TPSA) is 92.7 Å². The van der Waals surface area contributed by atoms with Crippen molar-refractivity contribution in [3.63, 3.8) is 0 Å². The molecule has 0 aromatic carbocycles. The second kappa shape index (κ2) is 11.4. The molecule has 0 aromatic heterocycles. The fraction of sp³-hybridized carbons (Fsp3) is 0.966. The number of hydrogen-bond donors (Lipinski definition) is 1. The van der Waals surface area contributed by atoms with Crippen LogP contribution in [0.25, 0.3) is 0 Å². The monoisotopic (exact) mass is 620 g/mol. The summed E-state index contributed by atoms with van der Waals surface area (Å²) in [6, 6.07) is 0. The molecule has 236 valence electrons. The van der Waals surface area contributed by atoms with Crippen LogP contribution in [0.3, 0.4) is 0 Å². The van der Waals surface area contributed by atoms with Gasteiger partial charge in [0.25, 0.3) is 0 Å². The molecule has 6 atom stereocenters. The molecule has 2 fully saturated rings. The minimum Gasteiger partial charge on any atom is -0.455 e. The first-order chi connectivity index (χ1) is 17.5. The van der Waals surface area contributed by atoms with Crippen LogP contribution in [-0.4, -0.2) is 85.0 Å². The lowest BCUT2D eigenvalue weighted by Gasteiger charge is -2.43. The summed E-state index contributed by atoms with van der Waals surface area (Å²) in [4.78, 5) is 13.4. The van der Waals surface area contributed by atoms with Gasteiger partial charge in [0.1, 0.15) is 24.4 Å². The van der Waals surface area contributed by atoms with Crippen molar-refractivity contribution >= 4 is 30.9 Å². The van der Waals surface area contributed by atoms with E-state index in [0.29, 0.717) is 0 Å². The Morgan fingerprint density at radius 3 is 1.68 bits per heavy atom. The minimum atomic E-state index is -2.40. The molecule has 2 aliphatic rings. The zero-order valence-electron chi connectivity index (χ0n) is 28.5. The average Bonchev–Trinajstić information content (AvgIpc) is 3.19. The third-order valence-electron chi connectivity index (χ3n) is 9.88. The van der Waals surface area contributed by atoms with E-state index >= 15 is 0 Å². The van der Waals surface area contributed by atoms with Crippen LogP contribution in [0, 0.1) is 0 Å². The summed E-state index contributed by atoms with van der Waals surface area (Å²) in [5.41, 5.74) is 0. The lowest BCUT2D eigenvalue weighted by molar-refractivity contribution is -0.171. The Morgan fingerprint density at radius 1 is 0.775 bits per heavy atom. The van der Waals surface area contributed by atoms with Gasteiger partial charge >= 0.3 is 5.97 Å². The van der Waals surface area contributed by atoms with Gasteiger partial charge < -0.3 is 32.6 Å². The van der Waals surface area contributed by atoms with Crippen LogP contribution >= 0.6 is 0 Å². The first kappa shape index (κ1) is 36.1. The Kier molecular flexibility index (Phi) is 10.3. The molecule has 2 saturated heterocycles. The van der Waals surface area contributed by atoms with Crippen LogP contribution in [-0.2, 0) is 32.3 Å². The van der Waals surface area contributed by atoms with E-state index < -0.39 is 73.3 Å². The number of aliphatic hydroxyl groups excluding tert-OH is 1. The molecule has 0 radical (unpaired) electrons. The van der Waals surface area contributed by atoms with Gasteiger partial charge in [-0.05, 0) is 68.2 Å². The lowest BCUT2D eigenvalue weighted by Crippen LogP contribution is -2.57. The molecular formula is C29H60O8Si3. The Hall–Kier alpha value is -0.119. The molecule has 0 aromatic rings. The molecule has 0 unspecified atom stereocenters. The Labute approximate surface area is 247 Å². The van der Waals surface area contributed by atoms with Gasteiger partial charge in [0.05, 0.1) is 6.61 Å². The van der Waals surface area contributed by atoms with Crippen LogP contribution in [0.1, 0.15) is 76.2 Å². The summed E-state index contributed by atoms with van der Waals surface area (Å²) < 4.78 is 38.4. The largest absolute Gasteiger partial charge is 0.455 e. The van der Waals surface area contributed by atoms with E-state index in [2.05, 4.69) is 102 Å². The number of rotatable bonds is 9. The molecule has 2 heterocycles. The van der Waals surface area contributed by atoms with Crippen molar-refractivity contribution in [1.82, 2.24) is 0 Å². The number of carbonyl (C=O) groups excluding carboxylic acids is 1. The third-order valence-corrected chi connectivity index (χ3v) is 23.3. The smallest absolute Gasteiger partial charge is 0.337 e. The maximum atomic E-state index is 13.4. The number of esters is 1. The van der Waals surface area contributed by atoms with Crippen molar-refractivity contribution in [2.24, 2.45) is 0 Å². The van der Waals surface area contributed by atoms with Crippen LogP contribution in [0.2, 0.25) is 54.4 Å². The SMILES string of the molecule is CC1(C)O[C@H]([C@@H](O)[C@@H]2OC(=O)[C@H](O[Si](C)(C)C(C)(C)C)[C@H]2O[Si](C)(C)C(C)(C)C)[C@H](CO[Si](C)(C)C(C)(C)C)O1. The predicted octanol–water partition coefficient (Wildman–Crippen LogP) is 6.60. The molecule has 0 amide bonds. The quantitative estimate of drug-likeness (QED) is 0.228. The lowest BCUT2D eigenvalue weighted by atomic mass is 9.98. The van der Waals surface area contributed by atoms with E-state index in [1.165, 1.54) is 0 Å². The van der Waals surface area contributed by atoms with Gasteiger partial charge in [-0.2, -0.15) is 0 Å². The summed E-state index contributed by atoms with van der Waals surface area (Å²) in [6.45, 7) is 36.2. The second-order valence-corrected chi connectivity index (χ2v) is 31.1. The molecule has 2 aliphatic heterocycles. The highest BCUT2D eigenvalue weighted by molar-refractivity contribution is 6.75. The average molecular weight is 621 g/mol. The molecule has 2 rings (SSSR count). The van der Waals surface area contributed by atoms with Crippen molar-refractivity contribution in [3.8, 4) is 0 Å². The molecule has 8 nitrogen and oxygen atoms in total. The number of cyclic esters (lactones) is 1. The van der Waals surface area contributed by atoms with Gasteiger partial charge in [-0.1, -0.05) is 62.3 Å². The van der Waals surface area contributed by atoms with E-state index in [-0.39, 0.29) is 21.7 Å². The fourth-order valence-corrected chi connectivity index (χ4v) is 7.59. The summed E-state index contributed by atoms with van der Waals surface area (Å²) in [7, 11) is -6.86. The highest BCUT2D eigenvalue weighted by Crippen LogP contribution is 2.44. The summed E-state index contributed by atoms with van der Waals surface area (Å²) in [6.07, 6.45) is -5.16. The van der Waals surface area contributed by atoms with E-state index in [1.54, 1.807) is 0 Å².